The molecule has 3 heterocycles. The average Bonchev–Trinajstić information content (AvgIpc) is 3.39. The number of thiazole rings is 1. The van der Waals surface area contributed by atoms with E-state index >= 15 is 0 Å². The molecule has 0 aliphatic heterocycles. The number of aryl methyl sites for hydroxylation is 2. The molecule has 0 spiro atoms. The highest BCUT2D eigenvalue weighted by Crippen LogP contribution is 2.27. The Balaban J connectivity index is 1.33. The summed E-state index contributed by atoms with van der Waals surface area (Å²) < 4.78 is 11.0. The molecule has 162 valence electrons. The van der Waals surface area contributed by atoms with E-state index in [0.717, 1.165) is 5.56 Å². The zero-order valence-corrected chi connectivity index (χ0v) is 18.2. The number of benzene rings is 1. The van der Waals surface area contributed by atoms with Crippen LogP contribution in [0.2, 0.25) is 0 Å². The molecule has 4 rings (SSSR count). The highest BCUT2D eigenvalue weighted by Gasteiger charge is 2.15. The molecule has 3 aromatic heterocycles. The van der Waals surface area contributed by atoms with E-state index in [1.807, 2.05) is 19.1 Å². The van der Waals surface area contributed by atoms with E-state index in [9.17, 15) is 9.59 Å². The lowest BCUT2D eigenvalue weighted by molar-refractivity contribution is -0.115. The topological polar surface area (TPSA) is 106 Å². The highest BCUT2D eigenvalue weighted by molar-refractivity contribution is 7.14. The van der Waals surface area contributed by atoms with Crippen LogP contribution in [-0.2, 0) is 11.2 Å². The minimum atomic E-state index is -0.300. The van der Waals surface area contributed by atoms with Gasteiger partial charge >= 0.3 is 0 Å². The molecular formula is C23H20N4O4S. The molecule has 32 heavy (non-hydrogen) atoms. The number of rotatable bonds is 7. The van der Waals surface area contributed by atoms with Crippen molar-refractivity contribution >= 4 is 34.0 Å². The van der Waals surface area contributed by atoms with E-state index in [2.05, 4.69) is 20.6 Å². The minimum Gasteiger partial charge on any atom is -0.469 e. The van der Waals surface area contributed by atoms with Crippen molar-refractivity contribution < 1.29 is 18.7 Å². The maximum Gasteiger partial charge on any atom is 0.260 e. The number of carbonyl (C=O) groups is 2. The lowest BCUT2D eigenvalue weighted by Gasteiger charge is -2.11. The number of ether oxygens (including phenoxy) is 1. The van der Waals surface area contributed by atoms with Gasteiger partial charge in [-0.2, -0.15) is 0 Å². The second kappa shape index (κ2) is 9.44. The first-order valence-electron chi connectivity index (χ1n) is 9.76. The van der Waals surface area contributed by atoms with Crippen molar-refractivity contribution in [3.8, 4) is 11.5 Å². The molecule has 2 N–H and O–H groups in total. The molecule has 0 radical (unpaired) electrons. The number of anilines is 2. The van der Waals surface area contributed by atoms with Gasteiger partial charge < -0.3 is 14.5 Å². The van der Waals surface area contributed by atoms with E-state index in [1.165, 1.54) is 17.6 Å². The van der Waals surface area contributed by atoms with Gasteiger partial charge in [0.15, 0.2) is 5.13 Å². The van der Waals surface area contributed by atoms with Gasteiger partial charge in [-0.15, -0.1) is 11.3 Å². The van der Waals surface area contributed by atoms with Gasteiger partial charge in [0.05, 0.1) is 30.1 Å². The fourth-order valence-corrected chi connectivity index (χ4v) is 3.68. The Morgan fingerprint density at radius 2 is 2.03 bits per heavy atom. The van der Waals surface area contributed by atoms with Crippen LogP contribution in [0.1, 0.15) is 27.4 Å². The number of pyridine rings is 1. The molecule has 0 unspecified atom stereocenters. The van der Waals surface area contributed by atoms with Crippen LogP contribution in [0.25, 0.3) is 0 Å². The van der Waals surface area contributed by atoms with E-state index in [1.54, 1.807) is 49.0 Å². The number of hydrogen-bond donors (Lipinski definition) is 2. The Bertz CT molecular complexity index is 1250. The predicted molar refractivity (Wildman–Crippen MR) is 121 cm³/mol. The van der Waals surface area contributed by atoms with Gasteiger partial charge in [-0.25, -0.2) is 4.98 Å². The van der Waals surface area contributed by atoms with Gasteiger partial charge in [0.25, 0.3) is 5.91 Å². The van der Waals surface area contributed by atoms with Crippen LogP contribution in [-0.4, -0.2) is 21.8 Å². The minimum absolute atomic E-state index is 0.0874. The van der Waals surface area contributed by atoms with Crippen molar-refractivity contribution in [2.45, 2.75) is 20.3 Å². The first kappa shape index (κ1) is 21.3. The van der Waals surface area contributed by atoms with Gasteiger partial charge in [-0.1, -0.05) is 0 Å². The summed E-state index contributed by atoms with van der Waals surface area (Å²) in [5.74, 6) is 1.35. The molecule has 0 aliphatic carbocycles. The monoisotopic (exact) mass is 448 g/mol. The van der Waals surface area contributed by atoms with Gasteiger partial charge in [0.1, 0.15) is 17.3 Å². The van der Waals surface area contributed by atoms with Crippen molar-refractivity contribution in [1.82, 2.24) is 9.97 Å². The van der Waals surface area contributed by atoms with Crippen molar-refractivity contribution in [2.75, 3.05) is 10.6 Å². The molecule has 0 saturated carbocycles. The summed E-state index contributed by atoms with van der Waals surface area (Å²) in [6.45, 7) is 3.62. The molecule has 0 fully saturated rings. The number of furan rings is 1. The first-order chi connectivity index (χ1) is 15.5. The Kier molecular flexibility index (Phi) is 6.27. The number of amides is 2. The van der Waals surface area contributed by atoms with Crippen molar-refractivity contribution in [3.63, 3.8) is 0 Å². The number of nitrogens with one attached hydrogen (secondary N) is 2. The molecule has 0 aliphatic rings. The Hall–Kier alpha value is -3.98. The van der Waals surface area contributed by atoms with E-state index in [0.29, 0.717) is 39.3 Å². The summed E-state index contributed by atoms with van der Waals surface area (Å²) in [6, 6.07) is 10.6. The molecule has 0 atom stereocenters. The first-order valence-corrected chi connectivity index (χ1v) is 10.6. The van der Waals surface area contributed by atoms with Crippen LogP contribution in [0.5, 0.6) is 11.5 Å². The molecular weight excluding hydrogens is 428 g/mol. The summed E-state index contributed by atoms with van der Waals surface area (Å²) >= 11 is 1.26. The molecule has 0 saturated heterocycles. The van der Waals surface area contributed by atoms with Crippen LogP contribution in [0.3, 0.4) is 0 Å². The van der Waals surface area contributed by atoms with Gasteiger partial charge in [-0.3, -0.25) is 19.9 Å². The third-order valence-corrected chi connectivity index (χ3v) is 5.34. The van der Waals surface area contributed by atoms with E-state index < -0.39 is 0 Å². The maximum absolute atomic E-state index is 12.4. The number of hydrogen-bond acceptors (Lipinski definition) is 7. The van der Waals surface area contributed by atoms with Crippen LogP contribution < -0.4 is 15.4 Å². The zero-order chi connectivity index (χ0) is 22.5. The second-order valence-corrected chi connectivity index (χ2v) is 7.84. The third kappa shape index (κ3) is 5.19. The fraction of sp³-hybridized carbons (Fsp3) is 0.130. The van der Waals surface area contributed by atoms with Crippen LogP contribution in [0.15, 0.2) is 64.9 Å². The largest absolute Gasteiger partial charge is 0.469 e. The average molecular weight is 449 g/mol. The molecule has 8 nitrogen and oxygen atoms in total. The van der Waals surface area contributed by atoms with E-state index in [4.69, 9.17) is 9.15 Å². The molecule has 2 amide bonds. The molecule has 1 aromatic carbocycles. The third-order valence-electron chi connectivity index (χ3n) is 4.54. The van der Waals surface area contributed by atoms with Gasteiger partial charge in [0.2, 0.25) is 5.91 Å². The number of nitrogens with zero attached hydrogens (tertiary/aromatic N) is 2. The summed E-state index contributed by atoms with van der Waals surface area (Å²) in [6.07, 6.45) is 4.86. The summed E-state index contributed by atoms with van der Waals surface area (Å²) in [5.41, 5.74) is 2.55. The van der Waals surface area contributed by atoms with Crippen molar-refractivity contribution in [2.24, 2.45) is 0 Å². The van der Waals surface area contributed by atoms with Crippen molar-refractivity contribution in [1.29, 1.82) is 0 Å². The lowest BCUT2D eigenvalue weighted by atomic mass is 10.2. The summed E-state index contributed by atoms with van der Waals surface area (Å²) in [4.78, 5) is 33.0. The Morgan fingerprint density at radius 3 is 2.75 bits per heavy atom. The second-order valence-electron chi connectivity index (χ2n) is 6.98. The highest BCUT2D eigenvalue weighted by atomic mass is 32.1. The van der Waals surface area contributed by atoms with Crippen LogP contribution in [0.4, 0.5) is 10.8 Å². The number of carbonyl (C=O) groups excluding carboxylic acids is 2. The smallest absolute Gasteiger partial charge is 0.260 e. The molecule has 0 bridgehead atoms. The van der Waals surface area contributed by atoms with Crippen molar-refractivity contribution in [3.05, 3.63) is 83.0 Å². The van der Waals surface area contributed by atoms with Gasteiger partial charge in [-0.05, 0) is 55.8 Å². The molecule has 9 heteroatoms. The standard InChI is InChI=1S/C23H20N4O4S/c1-14-10-16(5-6-20(14)31-18-4-3-8-24-12-18)25-21(28)11-17-13-32-23(26-17)27-22(29)19-7-9-30-15(19)2/h3-10,12-13H,11H2,1-2H3,(H,25,28)(H,26,27,29). The van der Waals surface area contributed by atoms with Crippen LogP contribution in [0, 0.1) is 13.8 Å². The Labute approximate surface area is 188 Å². The SMILES string of the molecule is Cc1cc(NC(=O)Cc2csc(NC(=O)c3ccoc3C)n2)ccc1Oc1cccnc1. The molecule has 4 aromatic rings. The predicted octanol–water partition coefficient (Wildman–Crippen LogP) is 4.97. The zero-order valence-electron chi connectivity index (χ0n) is 17.4. The van der Waals surface area contributed by atoms with E-state index in [-0.39, 0.29) is 18.2 Å². The maximum atomic E-state index is 12.4. The summed E-state index contributed by atoms with van der Waals surface area (Å²) in [7, 11) is 0. The fourth-order valence-electron chi connectivity index (χ4n) is 2.98. The normalized spacial score (nSPS) is 10.6. The lowest BCUT2D eigenvalue weighted by Crippen LogP contribution is -2.15. The van der Waals surface area contributed by atoms with Crippen LogP contribution >= 0.6 is 11.3 Å². The summed E-state index contributed by atoms with van der Waals surface area (Å²) in [5, 5.41) is 7.75. The quantitative estimate of drug-likeness (QED) is 0.413. The Morgan fingerprint density at radius 1 is 1.16 bits per heavy atom. The van der Waals surface area contributed by atoms with Gasteiger partial charge in [0, 0.05) is 17.3 Å². The number of aromatic nitrogens is 2.